The third-order valence-electron chi connectivity index (χ3n) is 1.75. The first-order valence-electron chi connectivity index (χ1n) is 4.50. The van der Waals surface area contributed by atoms with Gasteiger partial charge >= 0.3 is 0 Å². The molecular weight excluding hydrogens is 180 g/mol. The van der Waals surface area contributed by atoms with Gasteiger partial charge in [-0.1, -0.05) is 31.5 Å². The van der Waals surface area contributed by atoms with Crippen molar-refractivity contribution in [1.82, 2.24) is 0 Å². The maximum Gasteiger partial charge on any atom is 0.164 e. The zero-order valence-electron chi connectivity index (χ0n) is 8.04. The first kappa shape index (κ1) is 10.2. The fraction of sp³-hybridized carbons (Fsp3) is 0.364. The van der Waals surface area contributed by atoms with E-state index in [1.165, 1.54) is 5.56 Å². The molecule has 13 heavy (non-hydrogen) atoms. The average molecular weight is 194 g/mol. The van der Waals surface area contributed by atoms with Crippen LogP contribution in [0.15, 0.2) is 24.3 Å². The molecule has 1 aromatic carbocycles. The second-order valence-corrected chi connectivity index (χ2v) is 3.53. The molecule has 0 spiro atoms. The molecule has 1 rings (SSSR count). The summed E-state index contributed by atoms with van der Waals surface area (Å²) in [7, 11) is 0. The standard InChI is InChI=1S/C11H14OS/c1-3-6-10-7-4-5-8-11(10)12-9(2)13/h4-5,7-8H,3,6H2,1-2H3. The topological polar surface area (TPSA) is 9.23 Å². The van der Waals surface area contributed by atoms with Gasteiger partial charge in [0.05, 0.1) is 0 Å². The number of para-hydroxylation sites is 1. The fourth-order valence-electron chi connectivity index (χ4n) is 1.23. The van der Waals surface area contributed by atoms with Crippen LogP contribution in [-0.4, -0.2) is 5.05 Å². The Balaban J connectivity index is 2.84. The van der Waals surface area contributed by atoms with E-state index in [1.807, 2.05) is 18.2 Å². The number of hydrogen-bond acceptors (Lipinski definition) is 2. The van der Waals surface area contributed by atoms with Gasteiger partial charge in [0.25, 0.3) is 0 Å². The van der Waals surface area contributed by atoms with Gasteiger partial charge in [0.2, 0.25) is 0 Å². The summed E-state index contributed by atoms with van der Waals surface area (Å²) in [6.45, 7) is 3.94. The van der Waals surface area contributed by atoms with Crippen LogP contribution in [0.25, 0.3) is 0 Å². The first-order valence-corrected chi connectivity index (χ1v) is 4.91. The molecule has 0 amide bonds. The third-order valence-corrected chi connectivity index (χ3v) is 1.83. The molecule has 0 aromatic heterocycles. The van der Waals surface area contributed by atoms with Gasteiger partial charge < -0.3 is 4.74 Å². The molecule has 70 valence electrons. The molecule has 0 N–H and O–H groups in total. The predicted molar refractivity (Wildman–Crippen MR) is 59.3 cm³/mol. The van der Waals surface area contributed by atoms with Gasteiger partial charge in [-0.3, -0.25) is 0 Å². The molecule has 0 aliphatic carbocycles. The summed E-state index contributed by atoms with van der Waals surface area (Å²) in [6.07, 6.45) is 2.16. The zero-order chi connectivity index (χ0) is 9.68. The van der Waals surface area contributed by atoms with Crippen LogP contribution in [0, 0.1) is 0 Å². The number of benzene rings is 1. The Kier molecular flexibility index (Phi) is 3.90. The molecule has 2 heteroatoms. The SMILES string of the molecule is CCCc1ccccc1OC(C)=S. The number of aryl methyl sites for hydroxylation is 1. The highest BCUT2D eigenvalue weighted by molar-refractivity contribution is 7.80. The van der Waals surface area contributed by atoms with Gasteiger partial charge in [-0.15, -0.1) is 0 Å². The molecule has 0 heterocycles. The Bertz CT molecular complexity index is 294. The van der Waals surface area contributed by atoms with Gasteiger partial charge in [0, 0.05) is 6.92 Å². The van der Waals surface area contributed by atoms with Gasteiger partial charge in [-0.25, -0.2) is 0 Å². The largest absolute Gasteiger partial charge is 0.450 e. The minimum atomic E-state index is 0.573. The monoisotopic (exact) mass is 194 g/mol. The van der Waals surface area contributed by atoms with Crippen molar-refractivity contribution >= 4 is 17.3 Å². The van der Waals surface area contributed by atoms with Crippen LogP contribution in [0.1, 0.15) is 25.8 Å². The Hall–Kier alpha value is -0.890. The Morgan fingerprint density at radius 1 is 1.38 bits per heavy atom. The predicted octanol–water partition coefficient (Wildman–Crippen LogP) is 3.37. The van der Waals surface area contributed by atoms with Crippen molar-refractivity contribution in [2.45, 2.75) is 26.7 Å². The van der Waals surface area contributed by atoms with Crippen LogP contribution in [0.2, 0.25) is 0 Å². The molecule has 1 aromatic rings. The van der Waals surface area contributed by atoms with E-state index in [0.717, 1.165) is 18.6 Å². The van der Waals surface area contributed by atoms with Gasteiger partial charge in [0.1, 0.15) is 5.75 Å². The summed E-state index contributed by atoms with van der Waals surface area (Å²) in [6, 6.07) is 8.03. The molecule has 0 unspecified atom stereocenters. The molecule has 0 aliphatic heterocycles. The highest BCUT2D eigenvalue weighted by Crippen LogP contribution is 2.19. The molecule has 0 radical (unpaired) electrons. The van der Waals surface area contributed by atoms with E-state index in [1.54, 1.807) is 6.92 Å². The van der Waals surface area contributed by atoms with Crippen LogP contribution in [-0.2, 0) is 6.42 Å². The number of thiocarbonyl (C=S) groups is 1. The molecule has 0 fully saturated rings. The third kappa shape index (κ3) is 3.15. The molecule has 0 bridgehead atoms. The second kappa shape index (κ2) is 4.97. The van der Waals surface area contributed by atoms with E-state index in [9.17, 15) is 0 Å². The minimum Gasteiger partial charge on any atom is -0.450 e. The number of rotatable bonds is 3. The molecule has 0 saturated carbocycles. The normalized spacial score (nSPS) is 9.69. The molecule has 0 saturated heterocycles. The van der Waals surface area contributed by atoms with Crippen molar-refractivity contribution in [2.75, 3.05) is 0 Å². The lowest BCUT2D eigenvalue weighted by molar-refractivity contribution is 0.551. The zero-order valence-corrected chi connectivity index (χ0v) is 8.86. The van der Waals surface area contributed by atoms with E-state index >= 15 is 0 Å². The molecule has 1 nitrogen and oxygen atoms in total. The van der Waals surface area contributed by atoms with Crippen molar-refractivity contribution in [1.29, 1.82) is 0 Å². The van der Waals surface area contributed by atoms with Gasteiger partial charge in [0.15, 0.2) is 5.05 Å². The van der Waals surface area contributed by atoms with E-state index in [0.29, 0.717) is 5.05 Å². The van der Waals surface area contributed by atoms with E-state index < -0.39 is 0 Å². The molecular formula is C11H14OS. The highest BCUT2D eigenvalue weighted by atomic mass is 32.1. The van der Waals surface area contributed by atoms with Crippen LogP contribution in [0.3, 0.4) is 0 Å². The van der Waals surface area contributed by atoms with Crippen LogP contribution < -0.4 is 4.74 Å². The summed E-state index contributed by atoms with van der Waals surface area (Å²) in [5.41, 5.74) is 1.23. The lowest BCUT2D eigenvalue weighted by Crippen LogP contribution is -2.01. The first-order chi connectivity index (χ1) is 6.24. The van der Waals surface area contributed by atoms with Gasteiger partial charge in [-0.05, 0) is 30.3 Å². The summed E-state index contributed by atoms with van der Waals surface area (Å²) >= 11 is 4.90. The lowest BCUT2D eigenvalue weighted by atomic mass is 10.1. The second-order valence-electron chi connectivity index (χ2n) is 2.95. The quantitative estimate of drug-likeness (QED) is 0.682. The lowest BCUT2D eigenvalue weighted by Gasteiger charge is -2.08. The van der Waals surface area contributed by atoms with Crippen LogP contribution >= 0.6 is 12.2 Å². The summed E-state index contributed by atoms with van der Waals surface area (Å²) < 4.78 is 5.43. The van der Waals surface area contributed by atoms with Crippen molar-refractivity contribution in [3.05, 3.63) is 29.8 Å². The van der Waals surface area contributed by atoms with Crippen LogP contribution in [0.5, 0.6) is 5.75 Å². The summed E-state index contributed by atoms with van der Waals surface area (Å²) in [5, 5.41) is 0.573. The highest BCUT2D eigenvalue weighted by Gasteiger charge is 2.01. The average Bonchev–Trinajstić information content (AvgIpc) is 2.08. The Labute approximate surface area is 84.7 Å². The van der Waals surface area contributed by atoms with Crippen molar-refractivity contribution in [3.8, 4) is 5.75 Å². The van der Waals surface area contributed by atoms with Gasteiger partial charge in [-0.2, -0.15) is 0 Å². The van der Waals surface area contributed by atoms with Crippen molar-refractivity contribution in [2.24, 2.45) is 0 Å². The van der Waals surface area contributed by atoms with E-state index in [-0.39, 0.29) is 0 Å². The maximum atomic E-state index is 5.43. The van der Waals surface area contributed by atoms with Crippen LogP contribution in [0.4, 0.5) is 0 Å². The minimum absolute atomic E-state index is 0.573. The Morgan fingerprint density at radius 2 is 2.08 bits per heavy atom. The maximum absolute atomic E-state index is 5.43. The summed E-state index contributed by atoms with van der Waals surface area (Å²) in [5.74, 6) is 0.900. The van der Waals surface area contributed by atoms with Crippen molar-refractivity contribution < 1.29 is 4.74 Å². The molecule has 0 aliphatic rings. The summed E-state index contributed by atoms with van der Waals surface area (Å²) in [4.78, 5) is 0. The van der Waals surface area contributed by atoms with E-state index in [4.69, 9.17) is 17.0 Å². The number of ether oxygens (including phenoxy) is 1. The number of hydrogen-bond donors (Lipinski definition) is 0. The van der Waals surface area contributed by atoms with E-state index in [2.05, 4.69) is 13.0 Å². The van der Waals surface area contributed by atoms with Crippen molar-refractivity contribution in [3.63, 3.8) is 0 Å². The molecule has 0 atom stereocenters. The fourth-order valence-corrected chi connectivity index (χ4v) is 1.32. The smallest absolute Gasteiger partial charge is 0.164 e. The Morgan fingerprint density at radius 3 is 2.69 bits per heavy atom.